The first-order valence-electron chi connectivity index (χ1n) is 7.44. The van der Waals surface area contributed by atoms with Crippen molar-refractivity contribution in [2.45, 2.75) is 76.2 Å². The highest BCUT2D eigenvalue weighted by Gasteiger charge is 2.49. The van der Waals surface area contributed by atoms with Crippen molar-refractivity contribution in [2.75, 3.05) is 6.54 Å². The Labute approximate surface area is 113 Å². The van der Waals surface area contributed by atoms with Gasteiger partial charge in [-0.2, -0.15) is 13.2 Å². The van der Waals surface area contributed by atoms with E-state index in [1.807, 2.05) is 11.8 Å². The number of hydrogen-bond donors (Lipinski definition) is 1. The summed E-state index contributed by atoms with van der Waals surface area (Å²) >= 11 is 0. The quantitative estimate of drug-likeness (QED) is 0.856. The van der Waals surface area contributed by atoms with Gasteiger partial charge in [0, 0.05) is 12.1 Å². The molecule has 2 rings (SSSR count). The fourth-order valence-corrected chi connectivity index (χ4v) is 3.87. The van der Waals surface area contributed by atoms with Gasteiger partial charge in [-0.05, 0) is 38.6 Å². The predicted octanol–water partition coefficient (Wildman–Crippen LogP) is 3.34. The highest BCUT2D eigenvalue weighted by molar-refractivity contribution is 4.93. The van der Waals surface area contributed by atoms with E-state index in [0.717, 1.165) is 25.7 Å². The zero-order valence-electron chi connectivity index (χ0n) is 11.5. The van der Waals surface area contributed by atoms with Crippen LogP contribution in [0.1, 0.15) is 51.9 Å². The van der Waals surface area contributed by atoms with Gasteiger partial charge in [-0.25, -0.2) is 0 Å². The highest BCUT2D eigenvalue weighted by atomic mass is 19.4. The maximum absolute atomic E-state index is 13.2. The summed E-state index contributed by atoms with van der Waals surface area (Å²) in [7, 11) is 0. The number of alkyl halides is 3. The van der Waals surface area contributed by atoms with Crippen LogP contribution in [0.2, 0.25) is 0 Å². The Balaban J connectivity index is 2.14. The molecule has 0 saturated heterocycles. The second kappa shape index (κ2) is 6.00. The van der Waals surface area contributed by atoms with Crippen LogP contribution in [0.4, 0.5) is 13.2 Å². The smallest absolute Gasteiger partial charge is 0.393 e. The van der Waals surface area contributed by atoms with Crippen LogP contribution < -0.4 is 0 Å². The fourth-order valence-electron chi connectivity index (χ4n) is 3.87. The zero-order valence-corrected chi connectivity index (χ0v) is 11.5. The van der Waals surface area contributed by atoms with Crippen LogP contribution in [0.5, 0.6) is 0 Å². The lowest BCUT2D eigenvalue weighted by molar-refractivity contribution is -0.207. The summed E-state index contributed by atoms with van der Waals surface area (Å²) in [5, 5.41) is 9.76. The first kappa shape index (κ1) is 15.1. The van der Waals surface area contributed by atoms with Gasteiger partial charge in [-0.15, -0.1) is 0 Å². The van der Waals surface area contributed by atoms with Crippen molar-refractivity contribution in [3.63, 3.8) is 0 Å². The summed E-state index contributed by atoms with van der Waals surface area (Å²) in [6.07, 6.45) is 0.155. The van der Waals surface area contributed by atoms with Crippen molar-refractivity contribution in [3.05, 3.63) is 0 Å². The Morgan fingerprint density at radius 1 is 1.11 bits per heavy atom. The molecular formula is C14H24F3NO. The lowest BCUT2D eigenvalue weighted by Crippen LogP contribution is -2.53. The molecule has 5 heteroatoms. The van der Waals surface area contributed by atoms with E-state index in [1.54, 1.807) is 0 Å². The average molecular weight is 279 g/mol. The molecule has 0 spiro atoms. The summed E-state index contributed by atoms with van der Waals surface area (Å²) in [6, 6.07) is -0.248. The van der Waals surface area contributed by atoms with Crippen molar-refractivity contribution in [3.8, 4) is 0 Å². The molecular weight excluding hydrogens is 255 g/mol. The first-order valence-corrected chi connectivity index (χ1v) is 7.44. The second-order valence-electron chi connectivity index (χ2n) is 5.95. The topological polar surface area (TPSA) is 23.5 Å². The van der Waals surface area contributed by atoms with E-state index >= 15 is 0 Å². The summed E-state index contributed by atoms with van der Waals surface area (Å²) in [6.45, 7) is 2.58. The maximum atomic E-state index is 13.2. The SMILES string of the molecule is CCN(C1CCCC1)C1CC(O)CCC1C(F)(F)F. The molecule has 2 saturated carbocycles. The van der Waals surface area contributed by atoms with Gasteiger partial charge in [0.1, 0.15) is 0 Å². The molecule has 1 N–H and O–H groups in total. The van der Waals surface area contributed by atoms with Gasteiger partial charge in [-0.3, -0.25) is 4.90 Å². The predicted molar refractivity (Wildman–Crippen MR) is 67.8 cm³/mol. The van der Waals surface area contributed by atoms with E-state index in [1.165, 1.54) is 0 Å². The Hall–Kier alpha value is -0.290. The van der Waals surface area contributed by atoms with Crippen LogP contribution in [0.3, 0.4) is 0 Å². The molecule has 0 aliphatic heterocycles. The molecule has 2 aliphatic carbocycles. The van der Waals surface area contributed by atoms with Crippen molar-refractivity contribution >= 4 is 0 Å². The number of aliphatic hydroxyl groups excluding tert-OH is 1. The van der Waals surface area contributed by atoms with Crippen molar-refractivity contribution in [1.29, 1.82) is 0 Å². The van der Waals surface area contributed by atoms with E-state index in [0.29, 0.717) is 6.54 Å². The van der Waals surface area contributed by atoms with Gasteiger partial charge >= 0.3 is 6.18 Å². The highest BCUT2D eigenvalue weighted by Crippen LogP contribution is 2.42. The first-order chi connectivity index (χ1) is 8.93. The normalized spacial score (nSPS) is 34.1. The molecule has 0 bridgehead atoms. The summed E-state index contributed by atoms with van der Waals surface area (Å²) < 4.78 is 39.6. The van der Waals surface area contributed by atoms with Gasteiger partial charge in [0.15, 0.2) is 0 Å². The van der Waals surface area contributed by atoms with Crippen LogP contribution in [-0.2, 0) is 0 Å². The molecule has 0 radical (unpaired) electrons. The maximum Gasteiger partial charge on any atom is 0.393 e. The van der Waals surface area contributed by atoms with E-state index in [9.17, 15) is 18.3 Å². The number of nitrogens with zero attached hydrogens (tertiary/aromatic N) is 1. The lowest BCUT2D eigenvalue weighted by atomic mass is 9.80. The van der Waals surface area contributed by atoms with E-state index < -0.39 is 24.2 Å². The largest absolute Gasteiger partial charge is 0.393 e. The lowest BCUT2D eigenvalue weighted by Gasteiger charge is -2.44. The van der Waals surface area contributed by atoms with Crippen LogP contribution in [0.25, 0.3) is 0 Å². The Kier molecular flexibility index (Phi) is 4.77. The minimum atomic E-state index is -4.14. The number of rotatable bonds is 3. The Morgan fingerprint density at radius 3 is 2.26 bits per heavy atom. The second-order valence-corrected chi connectivity index (χ2v) is 5.95. The Bertz CT molecular complexity index is 289. The van der Waals surface area contributed by atoms with Crippen molar-refractivity contribution in [2.24, 2.45) is 5.92 Å². The van der Waals surface area contributed by atoms with Gasteiger partial charge in [0.25, 0.3) is 0 Å². The third kappa shape index (κ3) is 3.43. The molecule has 0 heterocycles. The summed E-state index contributed by atoms with van der Waals surface area (Å²) in [5.41, 5.74) is 0. The number of aliphatic hydroxyl groups is 1. The fraction of sp³-hybridized carbons (Fsp3) is 1.00. The third-order valence-corrected chi connectivity index (χ3v) is 4.79. The molecule has 0 aromatic carbocycles. The van der Waals surface area contributed by atoms with Crippen molar-refractivity contribution in [1.82, 2.24) is 4.90 Å². The molecule has 19 heavy (non-hydrogen) atoms. The zero-order chi connectivity index (χ0) is 14.0. The molecule has 2 aliphatic rings. The van der Waals surface area contributed by atoms with Crippen LogP contribution in [0, 0.1) is 5.92 Å². The van der Waals surface area contributed by atoms with Crippen LogP contribution in [-0.4, -0.2) is 40.9 Å². The van der Waals surface area contributed by atoms with E-state index in [-0.39, 0.29) is 25.3 Å². The molecule has 2 fully saturated rings. The van der Waals surface area contributed by atoms with Crippen molar-refractivity contribution < 1.29 is 18.3 Å². The minimum Gasteiger partial charge on any atom is -0.393 e. The average Bonchev–Trinajstić information content (AvgIpc) is 2.82. The van der Waals surface area contributed by atoms with Crippen LogP contribution in [0.15, 0.2) is 0 Å². The molecule has 3 unspecified atom stereocenters. The molecule has 0 amide bonds. The minimum absolute atomic E-state index is 0.0680. The van der Waals surface area contributed by atoms with Gasteiger partial charge in [-0.1, -0.05) is 19.8 Å². The standard InChI is InChI=1S/C14H24F3NO/c1-2-18(10-5-3-4-6-10)13-9-11(19)7-8-12(13)14(15,16)17/h10-13,19H,2-9H2,1H3. The summed E-state index contributed by atoms with van der Waals surface area (Å²) in [5.74, 6) is -1.27. The van der Waals surface area contributed by atoms with E-state index in [2.05, 4.69) is 0 Å². The molecule has 0 aromatic rings. The third-order valence-electron chi connectivity index (χ3n) is 4.79. The molecule has 3 atom stereocenters. The van der Waals surface area contributed by atoms with E-state index in [4.69, 9.17) is 0 Å². The van der Waals surface area contributed by atoms with Crippen LogP contribution >= 0.6 is 0 Å². The summed E-state index contributed by atoms with van der Waals surface area (Å²) in [4.78, 5) is 2.02. The molecule has 0 aromatic heterocycles. The monoisotopic (exact) mass is 279 g/mol. The molecule has 2 nitrogen and oxygen atoms in total. The van der Waals surface area contributed by atoms with Gasteiger partial charge < -0.3 is 5.11 Å². The Morgan fingerprint density at radius 2 is 1.74 bits per heavy atom. The number of hydrogen-bond acceptors (Lipinski definition) is 2. The van der Waals surface area contributed by atoms with Gasteiger partial charge in [0.05, 0.1) is 12.0 Å². The van der Waals surface area contributed by atoms with Gasteiger partial charge in [0.2, 0.25) is 0 Å². The molecule has 112 valence electrons. The number of halogens is 3.